The quantitative estimate of drug-likeness (QED) is 0.548. The molecule has 0 atom stereocenters. The van der Waals surface area contributed by atoms with E-state index in [4.69, 9.17) is 9.72 Å². The van der Waals surface area contributed by atoms with Crippen LogP contribution in [-0.4, -0.2) is 54.0 Å². The smallest absolute Gasteiger partial charge is 0.416 e. The molecular formula is C23H22F3N3O2S. The number of amides is 1. The van der Waals surface area contributed by atoms with Crippen LogP contribution in [0.5, 0.6) is 5.75 Å². The molecule has 0 radical (unpaired) electrons. The van der Waals surface area contributed by atoms with E-state index in [1.54, 1.807) is 23.3 Å². The van der Waals surface area contributed by atoms with Gasteiger partial charge in [0.05, 0.1) is 24.9 Å². The van der Waals surface area contributed by atoms with Crippen molar-refractivity contribution in [2.45, 2.75) is 12.7 Å². The molecule has 0 N–H and O–H groups in total. The molecule has 1 fully saturated rings. The van der Waals surface area contributed by atoms with E-state index in [0.29, 0.717) is 32.7 Å². The van der Waals surface area contributed by atoms with E-state index in [1.807, 2.05) is 29.6 Å². The zero-order chi connectivity index (χ0) is 22.7. The molecule has 1 aliphatic rings. The summed E-state index contributed by atoms with van der Waals surface area (Å²) >= 11 is 1.59. The van der Waals surface area contributed by atoms with Gasteiger partial charge < -0.3 is 9.64 Å². The summed E-state index contributed by atoms with van der Waals surface area (Å²) < 4.78 is 43.4. The van der Waals surface area contributed by atoms with Gasteiger partial charge in [-0.25, -0.2) is 4.98 Å². The fraction of sp³-hybridized carbons (Fsp3) is 0.304. The van der Waals surface area contributed by atoms with Gasteiger partial charge >= 0.3 is 6.18 Å². The summed E-state index contributed by atoms with van der Waals surface area (Å²) in [6, 6.07) is 12.2. The molecular weight excluding hydrogens is 439 g/mol. The first-order valence-corrected chi connectivity index (χ1v) is 11.0. The number of thiazole rings is 1. The van der Waals surface area contributed by atoms with Crippen LogP contribution in [0.1, 0.15) is 20.9 Å². The Hall–Kier alpha value is -2.91. The molecule has 0 bridgehead atoms. The zero-order valence-electron chi connectivity index (χ0n) is 17.4. The van der Waals surface area contributed by atoms with Crippen LogP contribution in [0.25, 0.3) is 11.3 Å². The van der Waals surface area contributed by atoms with Gasteiger partial charge in [-0.15, -0.1) is 11.3 Å². The third-order valence-corrected chi connectivity index (χ3v) is 6.23. The number of nitrogens with zero attached hydrogens (tertiary/aromatic N) is 3. The molecule has 0 aliphatic carbocycles. The predicted octanol–water partition coefficient (Wildman–Crippen LogP) is 4.80. The minimum absolute atomic E-state index is 0.243. The average molecular weight is 462 g/mol. The van der Waals surface area contributed by atoms with Crippen molar-refractivity contribution in [2.24, 2.45) is 0 Å². The van der Waals surface area contributed by atoms with Crippen LogP contribution in [0, 0.1) is 0 Å². The fourth-order valence-corrected chi connectivity index (χ4v) is 4.43. The number of alkyl halides is 3. The van der Waals surface area contributed by atoms with Crippen molar-refractivity contribution in [3.8, 4) is 17.0 Å². The van der Waals surface area contributed by atoms with Crippen molar-refractivity contribution in [1.82, 2.24) is 14.8 Å². The third-order valence-electron chi connectivity index (χ3n) is 5.39. The van der Waals surface area contributed by atoms with Gasteiger partial charge in [0, 0.05) is 42.7 Å². The van der Waals surface area contributed by atoms with E-state index in [1.165, 1.54) is 12.1 Å². The largest absolute Gasteiger partial charge is 0.497 e. The normalized spacial score (nSPS) is 15.1. The Morgan fingerprint density at radius 1 is 1.09 bits per heavy atom. The van der Waals surface area contributed by atoms with Crippen LogP contribution in [0.15, 0.2) is 53.9 Å². The lowest BCUT2D eigenvalue weighted by Gasteiger charge is -2.34. The minimum Gasteiger partial charge on any atom is -0.497 e. The predicted molar refractivity (Wildman–Crippen MR) is 117 cm³/mol. The van der Waals surface area contributed by atoms with Crippen LogP contribution < -0.4 is 4.74 Å². The second kappa shape index (κ2) is 9.30. The van der Waals surface area contributed by atoms with Gasteiger partial charge in [0.15, 0.2) is 0 Å². The first-order valence-electron chi connectivity index (χ1n) is 10.1. The van der Waals surface area contributed by atoms with Crippen molar-refractivity contribution in [1.29, 1.82) is 0 Å². The number of methoxy groups -OCH3 is 1. The molecule has 0 saturated carbocycles. The monoisotopic (exact) mass is 461 g/mol. The summed E-state index contributed by atoms with van der Waals surface area (Å²) in [7, 11) is 1.63. The number of hydrogen-bond donors (Lipinski definition) is 0. The molecule has 2 aromatic carbocycles. The highest BCUT2D eigenvalue weighted by molar-refractivity contribution is 7.09. The Balaban J connectivity index is 1.32. The Kier molecular flexibility index (Phi) is 6.48. The van der Waals surface area contributed by atoms with Gasteiger partial charge in [-0.1, -0.05) is 12.1 Å². The molecule has 5 nitrogen and oxygen atoms in total. The first kappa shape index (κ1) is 22.3. The molecule has 0 unspecified atom stereocenters. The summed E-state index contributed by atoms with van der Waals surface area (Å²) in [6.45, 7) is 3.10. The lowest BCUT2D eigenvalue weighted by Crippen LogP contribution is -2.48. The van der Waals surface area contributed by atoms with Crippen LogP contribution in [0.3, 0.4) is 0 Å². The maximum Gasteiger partial charge on any atom is 0.416 e. The highest BCUT2D eigenvalue weighted by atomic mass is 32.1. The minimum atomic E-state index is -4.41. The molecule has 1 amide bonds. The Labute approximate surface area is 188 Å². The van der Waals surface area contributed by atoms with E-state index >= 15 is 0 Å². The number of rotatable bonds is 5. The van der Waals surface area contributed by atoms with Gasteiger partial charge in [0.1, 0.15) is 10.8 Å². The Bertz CT molecular complexity index is 1070. The SMILES string of the molecule is COc1cccc(-c2csc(CN3CCN(C(=O)c4ccc(C(F)(F)F)cc4)CC3)n2)c1. The van der Waals surface area contributed by atoms with Gasteiger partial charge in [0.2, 0.25) is 0 Å². The van der Waals surface area contributed by atoms with Crippen molar-refractivity contribution >= 4 is 17.2 Å². The van der Waals surface area contributed by atoms with Gasteiger partial charge in [-0.05, 0) is 36.4 Å². The number of carbonyl (C=O) groups excluding carboxylic acids is 1. The number of benzene rings is 2. The molecule has 2 heterocycles. The van der Waals surface area contributed by atoms with E-state index in [2.05, 4.69) is 4.90 Å². The van der Waals surface area contributed by atoms with E-state index in [0.717, 1.165) is 34.1 Å². The van der Waals surface area contributed by atoms with Gasteiger partial charge in [0.25, 0.3) is 5.91 Å². The number of hydrogen-bond acceptors (Lipinski definition) is 5. The van der Waals surface area contributed by atoms with Gasteiger partial charge in [-0.2, -0.15) is 13.2 Å². The summed E-state index contributed by atoms with van der Waals surface area (Å²) in [5.41, 5.74) is 1.42. The Morgan fingerprint density at radius 3 is 2.47 bits per heavy atom. The van der Waals surface area contributed by atoms with E-state index < -0.39 is 11.7 Å². The van der Waals surface area contributed by atoms with E-state index in [-0.39, 0.29) is 11.5 Å². The van der Waals surface area contributed by atoms with Gasteiger partial charge in [-0.3, -0.25) is 9.69 Å². The van der Waals surface area contributed by atoms with E-state index in [9.17, 15) is 18.0 Å². The molecule has 168 valence electrons. The lowest BCUT2D eigenvalue weighted by atomic mass is 10.1. The standard InChI is InChI=1S/C23H22F3N3O2S/c1-31-19-4-2-3-17(13-19)20-15-32-21(27-20)14-28-9-11-29(12-10-28)22(30)16-5-7-18(8-6-16)23(24,25)26/h2-8,13,15H,9-12,14H2,1H3. The summed E-state index contributed by atoms with van der Waals surface area (Å²) in [6.07, 6.45) is -4.41. The number of aromatic nitrogens is 1. The van der Waals surface area contributed by atoms with Crippen molar-refractivity contribution < 1.29 is 22.7 Å². The van der Waals surface area contributed by atoms with Crippen LogP contribution in [0.4, 0.5) is 13.2 Å². The number of piperazine rings is 1. The second-order valence-corrected chi connectivity index (χ2v) is 8.44. The molecule has 9 heteroatoms. The summed E-state index contributed by atoms with van der Waals surface area (Å²) in [5.74, 6) is 0.541. The van der Waals surface area contributed by atoms with Crippen molar-refractivity contribution in [3.63, 3.8) is 0 Å². The number of ether oxygens (including phenoxy) is 1. The summed E-state index contributed by atoms with van der Waals surface area (Å²) in [5, 5.41) is 3.01. The molecule has 4 rings (SSSR count). The van der Waals surface area contributed by atoms with Crippen LogP contribution in [0.2, 0.25) is 0 Å². The maximum atomic E-state index is 12.7. The lowest BCUT2D eigenvalue weighted by molar-refractivity contribution is -0.137. The highest BCUT2D eigenvalue weighted by Crippen LogP contribution is 2.29. The molecule has 3 aromatic rings. The number of halogens is 3. The zero-order valence-corrected chi connectivity index (χ0v) is 18.2. The van der Waals surface area contributed by atoms with Crippen molar-refractivity contribution in [2.75, 3.05) is 33.3 Å². The molecule has 1 aliphatic heterocycles. The molecule has 0 spiro atoms. The molecule has 32 heavy (non-hydrogen) atoms. The average Bonchev–Trinajstić information content (AvgIpc) is 3.27. The molecule has 1 saturated heterocycles. The first-order chi connectivity index (χ1) is 15.3. The van der Waals surface area contributed by atoms with Crippen LogP contribution >= 0.6 is 11.3 Å². The fourth-order valence-electron chi connectivity index (χ4n) is 3.58. The maximum absolute atomic E-state index is 12.7. The Morgan fingerprint density at radius 2 is 1.81 bits per heavy atom. The van der Waals surface area contributed by atoms with Crippen LogP contribution in [-0.2, 0) is 12.7 Å². The third kappa shape index (κ3) is 5.11. The topological polar surface area (TPSA) is 45.7 Å². The molecule has 1 aromatic heterocycles. The second-order valence-electron chi connectivity index (χ2n) is 7.50. The van der Waals surface area contributed by atoms with Crippen molar-refractivity contribution in [3.05, 3.63) is 70.0 Å². The highest BCUT2D eigenvalue weighted by Gasteiger charge is 2.30. The summed E-state index contributed by atoms with van der Waals surface area (Å²) in [4.78, 5) is 21.3. The number of carbonyl (C=O) groups is 1.